The van der Waals surface area contributed by atoms with Crippen LogP contribution in [-0.2, 0) is 18.4 Å². The van der Waals surface area contributed by atoms with Crippen LogP contribution in [0.25, 0.3) is 0 Å². The molecule has 4 aliphatic carbocycles. The second-order valence-electron chi connectivity index (χ2n) is 10.6. The average Bonchev–Trinajstić information content (AvgIpc) is 2.88. The monoisotopic (exact) mass is 434 g/mol. The summed E-state index contributed by atoms with van der Waals surface area (Å²) in [6.45, 7) is 12.8. The maximum Gasteiger partial charge on any atom is 0.184 e. The Balaban J connectivity index is 1.69. The van der Waals surface area contributed by atoms with Gasteiger partial charge in [-0.3, -0.25) is 9.59 Å². The predicted octanol–water partition coefficient (Wildman–Crippen LogP) is 3.82. The summed E-state index contributed by atoms with van der Waals surface area (Å²) in [5.41, 5.74) is -1.16. The molecule has 0 aromatic carbocycles. The van der Waals surface area contributed by atoms with Crippen molar-refractivity contribution >= 4 is 51.4 Å². The van der Waals surface area contributed by atoms with Gasteiger partial charge < -0.3 is 8.85 Å². The van der Waals surface area contributed by atoms with Gasteiger partial charge in [0.2, 0.25) is 0 Å². The zero-order chi connectivity index (χ0) is 19.4. The second-order valence-corrected chi connectivity index (χ2v) is 20.3. The first-order valence-corrected chi connectivity index (χ1v) is 17.2. The maximum atomic E-state index is 12.7. The molecule has 4 saturated carbocycles. The molecule has 0 unspecified atom stereocenters. The summed E-state index contributed by atoms with van der Waals surface area (Å²) in [7, 11) is -3.77. The number of carbonyl (C=O) groups excluding carboxylic acids is 2. The molecule has 0 saturated heterocycles. The Labute approximate surface area is 167 Å². The van der Waals surface area contributed by atoms with Crippen molar-refractivity contribution in [3.8, 4) is 0 Å². The molecule has 26 heavy (non-hydrogen) atoms. The van der Waals surface area contributed by atoms with Crippen LogP contribution in [0.4, 0.5) is 0 Å². The van der Waals surface area contributed by atoms with Gasteiger partial charge in [0.05, 0.1) is 23.0 Å². The van der Waals surface area contributed by atoms with E-state index in [1.54, 1.807) is 0 Å². The lowest BCUT2D eigenvalue weighted by atomic mass is 9.62. The molecule has 146 valence electrons. The van der Waals surface area contributed by atoms with E-state index in [0.29, 0.717) is 12.8 Å². The minimum absolute atomic E-state index is 0.0837. The van der Waals surface area contributed by atoms with E-state index in [1.807, 2.05) is 0 Å². The summed E-state index contributed by atoms with van der Waals surface area (Å²) in [6.07, 6.45) is 1.37. The van der Waals surface area contributed by atoms with Gasteiger partial charge >= 0.3 is 0 Å². The van der Waals surface area contributed by atoms with E-state index in [0.717, 1.165) is 0 Å². The van der Waals surface area contributed by atoms with Crippen LogP contribution < -0.4 is 0 Å². The Hall–Kier alpha value is 0.274. The van der Waals surface area contributed by atoms with Crippen LogP contribution in [0.3, 0.4) is 0 Å². The molecule has 8 heteroatoms. The molecular weight excluding hydrogens is 407 g/mol. The lowest BCUT2D eigenvalue weighted by Crippen LogP contribution is -2.70. The summed E-state index contributed by atoms with van der Waals surface area (Å²) in [6, 6.07) is 0. The van der Waals surface area contributed by atoms with Crippen molar-refractivity contribution in [3.63, 3.8) is 0 Å². The standard InChI is InChI=1S/C18H28Cl2O4Si2/c1-25(2,3)23-17-7-9-10(11(17)13(21)15(17)19)8-18(24-26(4,5)6)12(9)14(22)16(18)20/h9-12,15-16H,7-8H2,1-6H3/t9-,10-,11-,12-,15+,16+,17+,18+/m1/s1. The first-order chi connectivity index (χ1) is 11.7. The first kappa shape index (κ1) is 19.6. The molecule has 0 heterocycles. The first-order valence-electron chi connectivity index (χ1n) is 9.49. The summed E-state index contributed by atoms with van der Waals surface area (Å²) in [5.74, 6) is -0.0381. The number of carbonyl (C=O) groups is 2. The molecular formula is C18H28Cl2O4Si2. The average molecular weight is 435 g/mol. The molecule has 0 aliphatic heterocycles. The van der Waals surface area contributed by atoms with Crippen LogP contribution in [0, 0.1) is 23.7 Å². The number of alkyl halides is 2. The van der Waals surface area contributed by atoms with Crippen LogP contribution in [0.15, 0.2) is 0 Å². The Kier molecular flexibility index (Phi) is 4.10. The topological polar surface area (TPSA) is 52.6 Å². The van der Waals surface area contributed by atoms with E-state index in [2.05, 4.69) is 39.3 Å². The quantitative estimate of drug-likeness (QED) is 0.498. The summed E-state index contributed by atoms with van der Waals surface area (Å²) < 4.78 is 13.0. The van der Waals surface area contributed by atoms with Crippen LogP contribution in [0.2, 0.25) is 39.3 Å². The second kappa shape index (κ2) is 5.45. The molecule has 0 N–H and O–H groups in total. The van der Waals surface area contributed by atoms with Gasteiger partial charge in [0.25, 0.3) is 0 Å². The van der Waals surface area contributed by atoms with E-state index in [4.69, 9.17) is 32.1 Å². The molecule has 0 amide bonds. The van der Waals surface area contributed by atoms with Crippen LogP contribution in [0.1, 0.15) is 12.8 Å². The van der Waals surface area contributed by atoms with E-state index >= 15 is 0 Å². The highest BCUT2D eigenvalue weighted by Crippen LogP contribution is 2.71. The van der Waals surface area contributed by atoms with Crippen molar-refractivity contribution in [3.05, 3.63) is 0 Å². The van der Waals surface area contributed by atoms with Gasteiger partial charge in [-0.2, -0.15) is 0 Å². The lowest BCUT2D eigenvalue weighted by molar-refractivity contribution is -0.158. The molecule has 0 spiro atoms. The van der Waals surface area contributed by atoms with Crippen molar-refractivity contribution in [1.29, 1.82) is 0 Å². The number of halogens is 2. The minimum Gasteiger partial charge on any atom is -0.409 e. The molecule has 4 nitrogen and oxygen atoms in total. The van der Waals surface area contributed by atoms with E-state index in [9.17, 15) is 9.59 Å². The number of Topliss-reactive ketones (excluding diaryl/α,β-unsaturated/α-hetero) is 2. The van der Waals surface area contributed by atoms with Crippen molar-refractivity contribution in [2.45, 2.75) is 74.1 Å². The fraction of sp³-hybridized carbons (Fsp3) is 0.889. The van der Waals surface area contributed by atoms with Crippen LogP contribution in [0.5, 0.6) is 0 Å². The molecule has 4 aliphatic rings. The van der Waals surface area contributed by atoms with Crippen molar-refractivity contribution in [1.82, 2.24) is 0 Å². The van der Waals surface area contributed by atoms with Crippen LogP contribution >= 0.6 is 23.2 Å². The molecule has 8 atom stereocenters. The number of hydrogen-bond donors (Lipinski definition) is 0. The van der Waals surface area contributed by atoms with E-state index < -0.39 is 38.6 Å². The number of fused-ring (bicyclic) bond motifs is 5. The normalized spacial score (nSPS) is 50.0. The lowest BCUT2D eigenvalue weighted by Gasteiger charge is -2.55. The number of rotatable bonds is 4. The minimum atomic E-state index is -1.88. The summed E-state index contributed by atoms with van der Waals surface area (Å²) >= 11 is 13.0. The fourth-order valence-corrected chi connectivity index (χ4v) is 10.1. The van der Waals surface area contributed by atoms with E-state index in [-0.39, 0.29) is 35.2 Å². The summed E-state index contributed by atoms with van der Waals surface area (Å²) in [5, 5.41) is -1.17. The van der Waals surface area contributed by atoms with Gasteiger partial charge in [-0.15, -0.1) is 23.2 Å². The zero-order valence-corrected chi connectivity index (χ0v) is 19.8. The smallest absolute Gasteiger partial charge is 0.184 e. The largest absolute Gasteiger partial charge is 0.409 e. The Morgan fingerprint density at radius 3 is 1.35 bits per heavy atom. The highest BCUT2D eigenvalue weighted by Gasteiger charge is 2.81. The number of hydrogen-bond acceptors (Lipinski definition) is 4. The highest BCUT2D eigenvalue weighted by molar-refractivity contribution is 6.70. The molecule has 0 bridgehead atoms. The van der Waals surface area contributed by atoms with Gasteiger partial charge in [0, 0.05) is 0 Å². The third-order valence-electron chi connectivity index (χ3n) is 6.53. The third-order valence-corrected chi connectivity index (χ3v) is 9.69. The molecule has 0 aromatic heterocycles. The van der Waals surface area contributed by atoms with Gasteiger partial charge in [-0.05, 0) is 64.0 Å². The number of ketones is 2. The maximum absolute atomic E-state index is 12.7. The van der Waals surface area contributed by atoms with Crippen molar-refractivity contribution in [2.24, 2.45) is 23.7 Å². The molecule has 0 radical (unpaired) electrons. The molecule has 4 fully saturated rings. The SMILES string of the molecule is C[Si](C)(C)O[C@@]12C[C@@H]3[C@@H](C[C@@]4(O[Si](C)(C)C)[C@@H](Cl)C(=O)[C@@H]34)[C@@H]1C(=O)[C@@H]2Cl. The summed E-state index contributed by atoms with van der Waals surface area (Å²) in [4.78, 5) is 25.4. The van der Waals surface area contributed by atoms with Crippen molar-refractivity contribution < 1.29 is 18.4 Å². The zero-order valence-electron chi connectivity index (χ0n) is 16.3. The Bertz CT molecular complexity index is 630. The highest BCUT2D eigenvalue weighted by atomic mass is 35.5. The van der Waals surface area contributed by atoms with Gasteiger partial charge in [0.15, 0.2) is 28.2 Å². The predicted molar refractivity (Wildman–Crippen MR) is 107 cm³/mol. The van der Waals surface area contributed by atoms with Crippen molar-refractivity contribution in [2.75, 3.05) is 0 Å². The van der Waals surface area contributed by atoms with Gasteiger partial charge in [0.1, 0.15) is 10.8 Å². The molecule has 0 aromatic rings. The van der Waals surface area contributed by atoms with Crippen LogP contribution in [-0.4, -0.2) is 50.2 Å². The molecule has 4 rings (SSSR count). The van der Waals surface area contributed by atoms with Gasteiger partial charge in [-0.25, -0.2) is 0 Å². The Morgan fingerprint density at radius 1 is 0.769 bits per heavy atom. The fourth-order valence-electron chi connectivity index (χ4n) is 6.23. The Morgan fingerprint density at radius 2 is 1.08 bits per heavy atom. The van der Waals surface area contributed by atoms with Gasteiger partial charge in [-0.1, -0.05) is 0 Å². The van der Waals surface area contributed by atoms with E-state index in [1.165, 1.54) is 0 Å². The third kappa shape index (κ3) is 2.38.